The van der Waals surface area contributed by atoms with Crippen LogP contribution >= 0.6 is 0 Å². The second-order valence-corrected chi connectivity index (χ2v) is 8.70. The molecule has 0 aliphatic carbocycles. The van der Waals surface area contributed by atoms with Crippen molar-refractivity contribution in [2.75, 3.05) is 50.0 Å². The molecule has 8 nitrogen and oxygen atoms in total. The molecule has 2 aliphatic rings. The predicted molar refractivity (Wildman–Crippen MR) is 128 cm³/mol. The van der Waals surface area contributed by atoms with Gasteiger partial charge in [0.25, 0.3) is 5.91 Å². The maximum atomic E-state index is 13.6. The molecule has 4 N–H and O–H groups in total. The Labute approximate surface area is 197 Å². The second kappa shape index (κ2) is 9.92. The molecule has 0 saturated heterocycles. The van der Waals surface area contributed by atoms with E-state index < -0.39 is 11.4 Å². The Hall–Kier alpha value is -3.27. The molecule has 180 valence electrons. The van der Waals surface area contributed by atoms with Crippen LogP contribution in [0, 0.1) is 5.82 Å². The quantitative estimate of drug-likeness (QED) is 0.419. The van der Waals surface area contributed by atoms with Crippen LogP contribution in [0.1, 0.15) is 25.0 Å². The minimum atomic E-state index is -0.683. The summed E-state index contributed by atoms with van der Waals surface area (Å²) in [5, 5.41) is 24.2. The van der Waals surface area contributed by atoms with E-state index in [1.165, 1.54) is 12.1 Å². The molecule has 0 fully saturated rings. The summed E-state index contributed by atoms with van der Waals surface area (Å²) < 4.78 is 19.7. The molecule has 0 saturated carbocycles. The Kier molecular flexibility index (Phi) is 6.97. The van der Waals surface area contributed by atoms with Gasteiger partial charge < -0.3 is 25.6 Å². The highest BCUT2D eigenvalue weighted by Gasteiger charge is 2.38. The van der Waals surface area contributed by atoms with E-state index in [0.29, 0.717) is 54.6 Å². The molecule has 0 atom stereocenters. The molecule has 9 heteroatoms. The van der Waals surface area contributed by atoms with Crippen molar-refractivity contribution in [2.45, 2.75) is 19.4 Å². The lowest BCUT2D eigenvalue weighted by Crippen LogP contribution is -2.34. The van der Waals surface area contributed by atoms with E-state index in [-0.39, 0.29) is 19.1 Å². The van der Waals surface area contributed by atoms with Crippen molar-refractivity contribution in [3.8, 4) is 0 Å². The Morgan fingerprint density at radius 1 is 1.15 bits per heavy atom. The molecule has 1 aromatic carbocycles. The first-order valence-corrected chi connectivity index (χ1v) is 11.2. The van der Waals surface area contributed by atoms with E-state index >= 15 is 0 Å². The van der Waals surface area contributed by atoms with Crippen LogP contribution in [0.3, 0.4) is 0 Å². The first-order chi connectivity index (χ1) is 16.3. The molecule has 3 heterocycles. The molecule has 0 radical (unpaired) electrons. The summed E-state index contributed by atoms with van der Waals surface area (Å²) in [7, 11) is 0. The predicted octanol–water partition coefficient (Wildman–Crippen LogP) is 2.47. The monoisotopic (exact) mass is 468 g/mol. The third-order valence-corrected chi connectivity index (χ3v) is 5.90. The summed E-state index contributed by atoms with van der Waals surface area (Å²) >= 11 is 0. The number of anilines is 2. The summed E-state index contributed by atoms with van der Waals surface area (Å²) in [4.78, 5) is 19.1. The molecule has 2 aliphatic heterocycles. The maximum Gasteiger partial charge on any atom is 0.260 e. The van der Waals surface area contributed by atoms with E-state index in [9.17, 15) is 9.18 Å². The zero-order chi connectivity index (χ0) is 24.3. The van der Waals surface area contributed by atoms with E-state index in [4.69, 9.17) is 14.9 Å². The average molecular weight is 469 g/mol. The standard InChI is InChI=1S/C25H29FN4O4/c1-25(2)19(14-21(34-25)23-18-5-4-17(26)13-20(18)29-24(23)33)16-3-6-22(28-15-16)27-7-8-30(9-11-31)10-12-32/h3-6,13-15,31-32H,7-12H2,1-2H3,(H,27,28)(H,29,33)/b23-21+. The van der Waals surface area contributed by atoms with Crippen molar-refractivity contribution in [3.05, 3.63) is 65.3 Å². The molecule has 4 rings (SSSR count). The number of hydrogen-bond acceptors (Lipinski definition) is 7. The van der Waals surface area contributed by atoms with Crippen molar-refractivity contribution in [2.24, 2.45) is 0 Å². The Morgan fingerprint density at radius 3 is 2.59 bits per heavy atom. The van der Waals surface area contributed by atoms with Crippen LogP contribution in [0.15, 0.2) is 48.4 Å². The van der Waals surface area contributed by atoms with Gasteiger partial charge >= 0.3 is 0 Å². The summed E-state index contributed by atoms with van der Waals surface area (Å²) in [6.45, 7) is 6.24. The van der Waals surface area contributed by atoms with Crippen LogP contribution < -0.4 is 10.6 Å². The van der Waals surface area contributed by atoms with Gasteiger partial charge in [0.15, 0.2) is 0 Å². The molecule has 2 aromatic rings. The van der Waals surface area contributed by atoms with Crippen LogP contribution in [0.25, 0.3) is 11.1 Å². The van der Waals surface area contributed by atoms with Crippen LogP contribution in [-0.2, 0) is 9.53 Å². The number of pyridine rings is 1. The van der Waals surface area contributed by atoms with E-state index in [0.717, 1.165) is 11.1 Å². The van der Waals surface area contributed by atoms with Crippen molar-refractivity contribution in [1.82, 2.24) is 9.88 Å². The summed E-state index contributed by atoms with van der Waals surface area (Å²) in [6, 6.07) is 8.02. The van der Waals surface area contributed by atoms with Gasteiger partial charge in [-0.1, -0.05) is 0 Å². The number of hydrogen-bond donors (Lipinski definition) is 4. The number of halogens is 1. The Morgan fingerprint density at radius 2 is 1.91 bits per heavy atom. The van der Waals surface area contributed by atoms with Crippen LogP contribution in [0.2, 0.25) is 0 Å². The molecule has 0 spiro atoms. The number of aliphatic hydroxyl groups is 2. The highest BCUT2D eigenvalue weighted by Crippen LogP contribution is 2.44. The highest BCUT2D eigenvalue weighted by molar-refractivity contribution is 6.32. The SMILES string of the molecule is CC1(C)O/C(=C2/C(=O)Nc3cc(F)ccc32)C=C1c1ccc(NCCN(CCO)CCO)nc1. The first-order valence-electron chi connectivity index (χ1n) is 11.2. The summed E-state index contributed by atoms with van der Waals surface area (Å²) in [5.74, 6) is 0.415. The van der Waals surface area contributed by atoms with Crippen molar-refractivity contribution >= 4 is 28.6 Å². The number of amides is 1. The zero-order valence-corrected chi connectivity index (χ0v) is 19.3. The van der Waals surface area contributed by atoms with Gasteiger partial charge in [-0.05, 0) is 50.3 Å². The number of allylic oxidation sites excluding steroid dienone is 1. The number of fused-ring (bicyclic) bond motifs is 1. The lowest BCUT2D eigenvalue weighted by Gasteiger charge is -2.23. The van der Waals surface area contributed by atoms with Gasteiger partial charge in [-0.3, -0.25) is 9.69 Å². The number of nitrogens with zero attached hydrogens (tertiary/aromatic N) is 2. The molecule has 34 heavy (non-hydrogen) atoms. The number of carbonyl (C=O) groups excluding carboxylic acids is 1. The first kappa shape index (κ1) is 23.9. The Balaban J connectivity index is 1.51. The number of nitrogens with one attached hydrogen (secondary N) is 2. The number of aromatic nitrogens is 1. The molecule has 0 bridgehead atoms. The number of carbonyl (C=O) groups is 1. The Bertz CT molecular complexity index is 1120. The lowest BCUT2D eigenvalue weighted by atomic mass is 9.93. The smallest absolute Gasteiger partial charge is 0.260 e. The topological polar surface area (TPSA) is 107 Å². The number of ether oxygens (including phenoxy) is 1. The normalized spacial score (nSPS) is 18.5. The molecule has 0 unspecified atom stereocenters. The second-order valence-electron chi connectivity index (χ2n) is 8.70. The third kappa shape index (κ3) is 4.96. The number of aliphatic hydroxyl groups excluding tert-OH is 2. The van der Waals surface area contributed by atoms with Crippen LogP contribution in [0.4, 0.5) is 15.9 Å². The molecular formula is C25H29FN4O4. The molecule has 1 aromatic heterocycles. The van der Waals surface area contributed by atoms with E-state index in [1.54, 1.807) is 12.3 Å². The molecular weight excluding hydrogens is 439 g/mol. The van der Waals surface area contributed by atoms with Gasteiger partial charge in [-0.2, -0.15) is 0 Å². The minimum absolute atomic E-state index is 0.0438. The molecule has 1 amide bonds. The van der Waals surface area contributed by atoms with Crippen LogP contribution in [0.5, 0.6) is 0 Å². The van der Waals surface area contributed by atoms with Gasteiger partial charge in [-0.15, -0.1) is 0 Å². The average Bonchev–Trinajstić information content (AvgIpc) is 3.28. The number of benzene rings is 1. The van der Waals surface area contributed by atoms with E-state index in [1.807, 2.05) is 37.0 Å². The third-order valence-electron chi connectivity index (χ3n) is 5.90. The fraction of sp³-hybridized carbons (Fsp3) is 0.360. The van der Waals surface area contributed by atoms with Gasteiger partial charge in [0.05, 0.1) is 24.5 Å². The summed E-state index contributed by atoms with van der Waals surface area (Å²) in [6.07, 6.45) is 3.60. The van der Waals surface area contributed by atoms with Crippen LogP contribution in [-0.4, -0.2) is 71.0 Å². The lowest BCUT2D eigenvalue weighted by molar-refractivity contribution is -0.111. The summed E-state index contributed by atoms with van der Waals surface area (Å²) in [5.41, 5.74) is 2.50. The van der Waals surface area contributed by atoms with Gasteiger partial charge in [0, 0.05) is 49.1 Å². The van der Waals surface area contributed by atoms with Crippen molar-refractivity contribution < 1.29 is 24.1 Å². The van der Waals surface area contributed by atoms with Crippen molar-refractivity contribution in [1.29, 1.82) is 0 Å². The highest BCUT2D eigenvalue weighted by atomic mass is 19.1. The fourth-order valence-corrected chi connectivity index (χ4v) is 4.23. The van der Waals surface area contributed by atoms with Crippen molar-refractivity contribution in [3.63, 3.8) is 0 Å². The van der Waals surface area contributed by atoms with E-state index in [2.05, 4.69) is 15.6 Å². The maximum absolute atomic E-state index is 13.6. The minimum Gasteiger partial charge on any atom is -0.482 e. The largest absolute Gasteiger partial charge is 0.482 e. The van der Waals surface area contributed by atoms with Gasteiger partial charge in [0.1, 0.15) is 23.0 Å². The van der Waals surface area contributed by atoms with Gasteiger partial charge in [0.2, 0.25) is 0 Å². The fourth-order valence-electron chi connectivity index (χ4n) is 4.23. The number of rotatable bonds is 9. The van der Waals surface area contributed by atoms with Gasteiger partial charge in [-0.25, -0.2) is 9.37 Å². The zero-order valence-electron chi connectivity index (χ0n) is 19.3.